The molecule has 0 aromatic heterocycles. The van der Waals surface area contributed by atoms with Gasteiger partial charge in [-0.25, -0.2) is 0 Å². The summed E-state index contributed by atoms with van der Waals surface area (Å²) in [6.45, 7) is 9.38. The van der Waals surface area contributed by atoms with E-state index in [2.05, 4.69) is 27.7 Å². The van der Waals surface area contributed by atoms with Crippen molar-refractivity contribution < 1.29 is 10.2 Å². The number of aliphatic hydroxyl groups is 2. The van der Waals surface area contributed by atoms with Gasteiger partial charge in [-0.2, -0.15) is 0 Å². The van der Waals surface area contributed by atoms with E-state index in [0.29, 0.717) is 17.8 Å². The van der Waals surface area contributed by atoms with E-state index < -0.39 is 12.2 Å². The third kappa shape index (κ3) is 11.9. The second kappa shape index (κ2) is 16.6. The van der Waals surface area contributed by atoms with Crippen LogP contribution in [0.4, 0.5) is 0 Å². The zero-order chi connectivity index (χ0) is 24.1. The average molecular weight is 465 g/mol. The fraction of sp³-hybridized carbons (Fsp3) is 1.00. The Morgan fingerprint density at radius 1 is 0.636 bits per heavy atom. The molecular weight excluding hydrogens is 404 g/mol. The van der Waals surface area contributed by atoms with E-state index in [0.717, 1.165) is 37.0 Å². The van der Waals surface area contributed by atoms with Crippen molar-refractivity contribution in [2.24, 2.45) is 35.5 Å². The predicted molar refractivity (Wildman–Crippen MR) is 143 cm³/mol. The average Bonchev–Trinajstić information content (AvgIpc) is 2.80. The Hall–Kier alpha value is -0.0800. The highest BCUT2D eigenvalue weighted by molar-refractivity contribution is 4.79. The smallest absolute Gasteiger partial charge is 0.0801 e. The molecule has 0 saturated heterocycles. The minimum atomic E-state index is -0.530. The summed E-state index contributed by atoms with van der Waals surface area (Å²) in [5.41, 5.74) is 0. The molecule has 196 valence electrons. The first-order chi connectivity index (χ1) is 15.9. The van der Waals surface area contributed by atoms with Crippen LogP contribution in [0.25, 0.3) is 0 Å². The number of hydrogen-bond acceptors (Lipinski definition) is 2. The van der Waals surface area contributed by atoms with Crippen molar-refractivity contribution in [3.63, 3.8) is 0 Å². The maximum atomic E-state index is 10.7. The van der Waals surface area contributed by atoms with Crippen molar-refractivity contribution in [3.05, 3.63) is 0 Å². The lowest BCUT2D eigenvalue weighted by atomic mass is 9.76. The summed E-state index contributed by atoms with van der Waals surface area (Å²) in [7, 11) is 0. The maximum Gasteiger partial charge on any atom is 0.0801 e. The van der Waals surface area contributed by atoms with Crippen LogP contribution in [0.1, 0.15) is 150 Å². The first kappa shape index (κ1) is 29.2. The van der Waals surface area contributed by atoms with E-state index in [1.165, 1.54) is 103 Å². The molecule has 2 nitrogen and oxygen atoms in total. The van der Waals surface area contributed by atoms with Crippen LogP contribution in [0.15, 0.2) is 0 Å². The van der Waals surface area contributed by atoms with E-state index in [-0.39, 0.29) is 0 Å². The summed E-state index contributed by atoms with van der Waals surface area (Å²) >= 11 is 0. The molecule has 33 heavy (non-hydrogen) atoms. The van der Waals surface area contributed by atoms with E-state index >= 15 is 0 Å². The summed E-state index contributed by atoms with van der Waals surface area (Å²) < 4.78 is 0. The van der Waals surface area contributed by atoms with Crippen molar-refractivity contribution in [2.45, 2.75) is 162 Å². The maximum absolute atomic E-state index is 10.7. The standard InChI is InChI=1S/C31H60O2/c1-5-6-7-8-9-10-26-15-17-28(18-16-26)23-31(33)30(32)22-21-29(24(2)3)20-19-27-13-11-25(4)12-14-27/h24-33H,5-23H2,1-4H3/t25?,26?,27?,28?,29-,30+,31?/m1/s1. The van der Waals surface area contributed by atoms with Crippen molar-refractivity contribution in [3.8, 4) is 0 Å². The Balaban J connectivity index is 1.60. The summed E-state index contributed by atoms with van der Waals surface area (Å²) in [5.74, 6) is 4.78. The second-order valence-corrected chi connectivity index (χ2v) is 12.7. The minimum absolute atomic E-state index is 0.520. The normalized spacial score (nSPS) is 29.2. The molecule has 0 aromatic rings. The fourth-order valence-electron chi connectivity index (χ4n) is 6.75. The Morgan fingerprint density at radius 2 is 1.21 bits per heavy atom. The van der Waals surface area contributed by atoms with Crippen LogP contribution >= 0.6 is 0 Å². The van der Waals surface area contributed by atoms with Crippen molar-refractivity contribution >= 4 is 0 Å². The van der Waals surface area contributed by atoms with Gasteiger partial charge < -0.3 is 10.2 Å². The van der Waals surface area contributed by atoms with Gasteiger partial charge in [0.15, 0.2) is 0 Å². The van der Waals surface area contributed by atoms with E-state index in [1.807, 2.05) is 0 Å². The highest BCUT2D eigenvalue weighted by Crippen LogP contribution is 2.36. The second-order valence-electron chi connectivity index (χ2n) is 12.7. The van der Waals surface area contributed by atoms with Gasteiger partial charge in [-0.3, -0.25) is 0 Å². The molecule has 0 aromatic carbocycles. The number of rotatable bonds is 16. The van der Waals surface area contributed by atoms with E-state index in [9.17, 15) is 10.2 Å². The molecular formula is C31H60O2. The van der Waals surface area contributed by atoms with Crippen molar-refractivity contribution in [1.29, 1.82) is 0 Å². The van der Waals surface area contributed by atoms with Gasteiger partial charge in [-0.05, 0) is 61.2 Å². The van der Waals surface area contributed by atoms with Crippen LogP contribution in [0.3, 0.4) is 0 Å². The van der Waals surface area contributed by atoms with Gasteiger partial charge >= 0.3 is 0 Å². The molecule has 2 rings (SSSR count). The molecule has 1 unspecified atom stereocenters. The van der Waals surface area contributed by atoms with Crippen LogP contribution in [0.2, 0.25) is 0 Å². The molecule has 0 amide bonds. The molecule has 2 N–H and O–H groups in total. The Bertz CT molecular complexity index is 460. The Morgan fingerprint density at radius 3 is 1.85 bits per heavy atom. The fourth-order valence-corrected chi connectivity index (χ4v) is 6.75. The molecule has 2 aliphatic rings. The number of aliphatic hydroxyl groups excluding tert-OH is 2. The Labute approximate surface area is 207 Å². The third-order valence-corrected chi connectivity index (χ3v) is 9.56. The summed E-state index contributed by atoms with van der Waals surface area (Å²) in [6, 6.07) is 0. The lowest BCUT2D eigenvalue weighted by molar-refractivity contribution is -0.00836. The van der Waals surface area contributed by atoms with Crippen LogP contribution in [-0.2, 0) is 0 Å². The molecule has 2 saturated carbocycles. The van der Waals surface area contributed by atoms with Gasteiger partial charge in [0.2, 0.25) is 0 Å². The molecule has 0 radical (unpaired) electrons. The van der Waals surface area contributed by atoms with Crippen molar-refractivity contribution in [1.82, 2.24) is 0 Å². The van der Waals surface area contributed by atoms with Crippen LogP contribution in [0.5, 0.6) is 0 Å². The molecule has 0 aliphatic heterocycles. The lowest BCUT2D eigenvalue weighted by Crippen LogP contribution is -2.30. The molecule has 2 aliphatic carbocycles. The van der Waals surface area contributed by atoms with Crippen LogP contribution in [0, 0.1) is 35.5 Å². The number of hydrogen-bond donors (Lipinski definition) is 2. The van der Waals surface area contributed by atoms with Gasteiger partial charge in [0.05, 0.1) is 12.2 Å². The number of unbranched alkanes of at least 4 members (excludes halogenated alkanes) is 4. The monoisotopic (exact) mass is 464 g/mol. The molecule has 3 atom stereocenters. The van der Waals surface area contributed by atoms with Crippen LogP contribution < -0.4 is 0 Å². The molecule has 0 bridgehead atoms. The zero-order valence-corrected chi connectivity index (χ0v) is 22.9. The quantitative estimate of drug-likeness (QED) is 0.224. The Kier molecular flexibility index (Phi) is 14.6. The van der Waals surface area contributed by atoms with E-state index in [1.54, 1.807) is 0 Å². The highest BCUT2D eigenvalue weighted by Gasteiger charge is 2.27. The lowest BCUT2D eigenvalue weighted by Gasteiger charge is -2.32. The summed E-state index contributed by atoms with van der Waals surface area (Å²) in [5, 5.41) is 21.4. The largest absolute Gasteiger partial charge is 0.390 e. The van der Waals surface area contributed by atoms with Gasteiger partial charge in [-0.1, -0.05) is 124 Å². The van der Waals surface area contributed by atoms with Crippen molar-refractivity contribution in [2.75, 3.05) is 0 Å². The van der Waals surface area contributed by atoms with Gasteiger partial charge in [-0.15, -0.1) is 0 Å². The highest BCUT2D eigenvalue weighted by atomic mass is 16.3. The predicted octanol–water partition coefficient (Wildman–Crippen LogP) is 8.92. The van der Waals surface area contributed by atoms with Gasteiger partial charge in [0.25, 0.3) is 0 Å². The minimum Gasteiger partial charge on any atom is -0.390 e. The molecule has 2 fully saturated rings. The SMILES string of the molecule is CCCCCCCC1CCC(CC(O)[C@@H](O)CC[C@@H](CCC2CCC(C)CC2)C(C)C)CC1. The topological polar surface area (TPSA) is 40.5 Å². The van der Waals surface area contributed by atoms with Gasteiger partial charge in [0, 0.05) is 0 Å². The molecule has 0 heterocycles. The van der Waals surface area contributed by atoms with Gasteiger partial charge in [0.1, 0.15) is 0 Å². The van der Waals surface area contributed by atoms with Crippen LogP contribution in [-0.4, -0.2) is 22.4 Å². The first-order valence-corrected chi connectivity index (χ1v) is 15.2. The summed E-state index contributed by atoms with van der Waals surface area (Å²) in [4.78, 5) is 0. The first-order valence-electron chi connectivity index (χ1n) is 15.2. The summed E-state index contributed by atoms with van der Waals surface area (Å²) in [6.07, 6.45) is 23.6. The zero-order valence-electron chi connectivity index (χ0n) is 22.9. The van der Waals surface area contributed by atoms with E-state index in [4.69, 9.17) is 0 Å². The molecule has 0 spiro atoms. The third-order valence-electron chi connectivity index (χ3n) is 9.56. The molecule has 2 heteroatoms.